The highest BCUT2D eigenvalue weighted by molar-refractivity contribution is 6.34. The third kappa shape index (κ3) is 5.10. The first kappa shape index (κ1) is 24.6. The van der Waals surface area contributed by atoms with Crippen LogP contribution in [-0.2, 0) is 20.1 Å². The van der Waals surface area contributed by atoms with Gasteiger partial charge >= 0.3 is 5.69 Å². The highest BCUT2D eigenvalue weighted by Crippen LogP contribution is 2.30. The van der Waals surface area contributed by atoms with E-state index in [9.17, 15) is 27.9 Å². The van der Waals surface area contributed by atoms with Gasteiger partial charge < -0.3 is 10.4 Å². The number of anilines is 2. The third-order valence-corrected chi connectivity index (χ3v) is 5.52. The molecule has 2 N–H and O–H groups in total. The number of aromatic nitrogens is 4. The van der Waals surface area contributed by atoms with Gasteiger partial charge in [-0.05, 0) is 32.0 Å². The van der Waals surface area contributed by atoms with E-state index < -0.39 is 40.8 Å². The average Bonchev–Trinajstić information content (AvgIpc) is 3.10. The van der Waals surface area contributed by atoms with Gasteiger partial charge in [-0.2, -0.15) is 5.10 Å². The molecule has 0 amide bonds. The zero-order valence-electron chi connectivity index (χ0n) is 18.9. The molecule has 2 aromatic heterocycles. The fourth-order valence-electron chi connectivity index (χ4n) is 3.66. The number of aliphatic hydroxyl groups is 1. The molecule has 2 aromatic carbocycles. The predicted octanol–water partition coefficient (Wildman–Crippen LogP) is 3.53. The Kier molecular flexibility index (Phi) is 6.24. The SMILES string of the molecule is Cn1cc2cc(Nc3cc(=O)n(CC(C)(C)O)c(=O)n3Cc3cc(F)c(F)cc3F)c(Cl)cc2n1. The number of nitrogens with zero attached hydrogens (tertiary/aromatic N) is 4. The maximum atomic E-state index is 14.4. The number of hydrogen-bond acceptors (Lipinski definition) is 5. The Bertz CT molecular complexity index is 1570. The van der Waals surface area contributed by atoms with Crippen LogP contribution in [0.1, 0.15) is 19.4 Å². The number of rotatable bonds is 6. The lowest BCUT2D eigenvalue weighted by molar-refractivity contribution is 0.0586. The number of aryl methyl sites for hydroxylation is 1. The Morgan fingerprint density at radius 3 is 2.40 bits per heavy atom. The second kappa shape index (κ2) is 8.90. The summed E-state index contributed by atoms with van der Waals surface area (Å²) in [6.07, 6.45) is 1.74. The maximum absolute atomic E-state index is 14.4. The first-order valence-corrected chi connectivity index (χ1v) is 10.8. The second-order valence-electron chi connectivity index (χ2n) is 8.81. The van der Waals surface area contributed by atoms with Gasteiger partial charge in [-0.3, -0.25) is 18.6 Å². The van der Waals surface area contributed by atoms with Crippen LogP contribution >= 0.6 is 11.6 Å². The Hall–Kier alpha value is -3.57. The molecule has 12 heteroatoms. The quantitative estimate of drug-likeness (QED) is 0.389. The lowest BCUT2D eigenvalue weighted by Gasteiger charge is -2.21. The van der Waals surface area contributed by atoms with Gasteiger partial charge in [0.15, 0.2) is 11.6 Å². The van der Waals surface area contributed by atoms with Crippen LogP contribution in [0.25, 0.3) is 10.9 Å². The van der Waals surface area contributed by atoms with Crippen LogP contribution in [0.5, 0.6) is 0 Å². The van der Waals surface area contributed by atoms with Gasteiger partial charge in [0.2, 0.25) is 0 Å². The molecule has 2 heterocycles. The topological polar surface area (TPSA) is 94.1 Å². The van der Waals surface area contributed by atoms with Gasteiger partial charge in [0.05, 0.1) is 34.9 Å². The Morgan fingerprint density at radius 2 is 1.71 bits per heavy atom. The molecule has 0 spiro atoms. The van der Waals surface area contributed by atoms with E-state index in [2.05, 4.69) is 10.4 Å². The van der Waals surface area contributed by atoms with Gasteiger partial charge in [-0.15, -0.1) is 0 Å². The lowest BCUT2D eigenvalue weighted by Crippen LogP contribution is -2.45. The fraction of sp³-hybridized carbons (Fsp3) is 0.261. The summed E-state index contributed by atoms with van der Waals surface area (Å²) in [5.74, 6) is -3.81. The standard InChI is InChI=1S/C23H21ClF3N5O3/c1-23(2,35)11-32-21(33)8-20(28-19-5-13-9-30(3)29-18(13)6-14(19)24)31(22(32)34)10-12-4-16(26)17(27)7-15(12)25/h4-9,28,35H,10-11H2,1-3H3. The molecule has 0 fully saturated rings. The van der Waals surface area contributed by atoms with E-state index in [-0.39, 0.29) is 22.9 Å². The van der Waals surface area contributed by atoms with Crippen LogP contribution in [0.15, 0.2) is 46.1 Å². The van der Waals surface area contributed by atoms with Crippen LogP contribution in [0, 0.1) is 17.5 Å². The molecule has 0 unspecified atom stereocenters. The molecule has 0 saturated heterocycles. The third-order valence-electron chi connectivity index (χ3n) is 5.21. The largest absolute Gasteiger partial charge is 0.389 e. The van der Waals surface area contributed by atoms with Gasteiger partial charge in [0.1, 0.15) is 11.6 Å². The van der Waals surface area contributed by atoms with E-state index in [4.69, 9.17) is 11.6 Å². The molecule has 0 radical (unpaired) electrons. The second-order valence-corrected chi connectivity index (χ2v) is 9.22. The summed E-state index contributed by atoms with van der Waals surface area (Å²) in [4.78, 5) is 26.1. The minimum atomic E-state index is -1.42. The molecule has 4 rings (SSSR count). The van der Waals surface area contributed by atoms with Crippen LogP contribution in [-0.4, -0.2) is 29.6 Å². The Morgan fingerprint density at radius 1 is 1.03 bits per heavy atom. The van der Waals surface area contributed by atoms with Crippen molar-refractivity contribution >= 4 is 34.0 Å². The van der Waals surface area contributed by atoms with Gasteiger partial charge in [0.25, 0.3) is 5.56 Å². The molecule has 0 aliphatic rings. The van der Waals surface area contributed by atoms with Gasteiger partial charge in [-0.25, -0.2) is 18.0 Å². The summed E-state index contributed by atoms with van der Waals surface area (Å²) >= 11 is 6.37. The summed E-state index contributed by atoms with van der Waals surface area (Å²) in [5, 5.41) is 18.3. The summed E-state index contributed by atoms with van der Waals surface area (Å²) in [6, 6.07) is 5.34. The van der Waals surface area contributed by atoms with E-state index in [0.29, 0.717) is 23.3 Å². The number of benzene rings is 2. The van der Waals surface area contributed by atoms with Gasteiger partial charge in [0, 0.05) is 36.3 Å². The molecule has 0 aliphatic carbocycles. The fourth-order valence-corrected chi connectivity index (χ4v) is 3.87. The van der Waals surface area contributed by atoms with Crippen LogP contribution in [0.2, 0.25) is 5.02 Å². The van der Waals surface area contributed by atoms with E-state index in [1.54, 1.807) is 30.1 Å². The number of hydrogen-bond donors (Lipinski definition) is 2. The minimum absolute atomic E-state index is 0.0683. The zero-order valence-corrected chi connectivity index (χ0v) is 19.7. The van der Waals surface area contributed by atoms with Crippen LogP contribution in [0.4, 0.5) is 24.7 Å². The van der Waals surface area contributed by atoms with Crippen molar-refractivity contribution in [3.8, 4) is 0 Å². The first-order chi connectivity index (χ1) is 16.3. The van der Waals surface area contributed by atoms with Crippen LogP contribution < -0.4 is 16.6 Å². The van der Waals surface area contributed by atoms with Crippen molar-refractivity contribution in [2.24, 2.45) is 7.05 Å². The number of halogens is 4. The molecule has 35 heavy (non-hydrogen) atoms. The molecule has 4 aromatic rings. The van der Waals surface area contributed by atoms with Crippen molar-refractivity contribution in [2.45, 2.75) is 32.5 Å². The van der Waals surface area contributed by atoms with Gasteiger partial charge in [-0.1, -0.05) is 11.6 Å². The zero-order chi connectivity index (χ0) is 25.7. The molecule has 0 saturated carbocycles. The van der Waals surface area contributed by atoms with Crippen molar-refractivity contribution in [2.75, 3.05) is 5.32 Å². The average molecular weight is 508 g/mol. The van der Waals surface area contributed by atoms with Crippen LogP contribution in [0.3, 0.4) is 0 Å². The number of fused-ring (bicyclic) bond motifs is 1. The Labute approximate surface area is 201 Å². The van der Waals surface area contributed by atoms with E-state index in [1.165, 1.54) is 13.8 Å². The summed E-state index contributed by atoms with van der Waals surface area (Å²) in [7, 11) is 1.73. The van der Waals surface area contributed by atoms with Crippen molar-refractivity contribution in [3.05, 3.63) is 85.4 Å². The highest BCUT2D eigenvalue weighted by atomic mass is 35.5. The molecule has 0 bridgehead atoms. The monoisotopic (exact) mass is 507 g/mol. The Balaban J connectivity index is 1.88. The van der Waals surface area contributed by atoms with Crippen molar-refractivity contribution in [1.29, 1.82) is 0 Å². The molecule has 0 aliphatic heterocycles. The smallest absolute Gasteiger partial charge is 0.332 e. The molecule has 0 atom stereocenters. The summed E-state index contributed by atoms with van der Waals surface area (Å²) in [6.45, 7) is 1.93. The van der Waals surface area contributed by atoms with Crippen molar-refractivity contribution in [3.63, 3.8) is 0 Å². The summed E-state index contributed by atoms with van der Waals surface area (Å²) < 4.78 is 45.0. The lowest BCUT2D eigenvalue weighted by atomic mass is 10.1. The summed E-state index contributed by atoms with van der Waals surface area (Å²) in [5.41, 5.74) is -2.44. The predicted molar refractivity (Wildman–Crippen MR) is 126 cm³/mol. The van der Waals surface area contributed by atoms with E-state index >= 15 is 0 Å². The molecule has 8 nitrogen and oxygen atoms in total. The van der Waals surface area contributed by atoms with Crippen molar-refractivity contribution in [1.82, 2.24) is 18.9 Å². The van der Waals surface area contributed by atoms with E-state index in [0.717, 1.165) is 20.6 Å². The normalized spacial score (nSPS) is 11.9. The molecular formula is C23H21ClF3N5O3. The molecule has 184 valence electrons. The van der Waals surface area contributed by atoms with E-state index in [1.807, 2.05) is 0 Å². The maximum Gasteiger partial charge on any atom is 0.332 e. The highest BCUT2D eigenvalue weighted by Gasteiger charge is 2.21. The van der Waals surface area contributed by atoms with Crippen molar-refractivity contribution < 1.29 is 18.3 Å². The first-order valence-electron chi connectivity index (χ1n) is 10.4. The number of nitrogens with one attached hydrogen (secondary N) is 1. The minimum Gasteiger partial charge on any atom is -0.389 e. The molecular weight excluding hydrogens is 487 g/mol.